The summed E-state index contributed by atoms with van der Waals surface area (Å²) in [5.74, 6) is 0.0409. The number of carbonyl (C=O) groups excluding carboxylic acids is 1. The molecule has 0 spiro atoms. The van der Waals surface area contributed by atoms with Gasteiger partial charge in [0, 0.05) is 44.4 Å². The summed E-state index contributed by atoms with van der Waals surface area (Å²) in [6.45, 7) is 3.52. The Bertz CT molecular complexity index is 562. The van der Waals surface area contributed by atoms with Crippen LogP contribution in [0.1, 0.15) is 29.8 Å². The molecule has 1 unspecified atom stereocenters. The third kappa shape index (κ3) is 2.96. The van der Waals surface area contributed by atoms with Crippen LogP contribution in [-0.4, -0.2) is 54.7 Å². The van der Waals surface area contributed by atoms with Crippen LogP contribution in [0.15, 0.2) is 0 Å². The van der Waals surface area contributed by atoms with E-state index < -0.39 is 0 Å². The maximum atomic E-state index is 12.8. The fourth-order valence-electron chi connectivity index (χ4n) is 3.78. The van der Waals surface area contributed by atoms with Gasteiger partial charge in [-0.05, 0) is 12.8 Å². The third-order valence-electron chi connectivity index (χ3n) is 5.12. The molecule has 0 bridgehead atoms. The van der Waals surface area contributed by atoms with Gasteiger partial charge in [0.1, 0.15) is 0 Å². The number of fused-ring (bicyclic) bond motifs is 1. The second kappa shape index (κ2) is 6.36. The quantitative estimate of drug-likeness (QED) is 0.845. The number of hydrogen-bond acceptors (Lipinski definition) is 5. The largest absolute Gasteiger partial charge is 0.375 e. The van der Waals surface area contributed by atoms with Crippen molar-refractivity contribution in [2.24, 2.45) is 5.92 Å². The molecule has 0 saturated carbocycles. The second-order valence-electron chi connectivity index (χ2n) is 6.66. The fourth-order valence-corrected chi connectivity index (χ4v) is 4.88. The van der Waals surface area contributed by atoms with E-state index in [9.17, 15) is 9.18 Å². The van der Waals surface area contributed by atoms with Gasteiger partial charge < -0.3 is 14.5 Å². The molecule has 5 nitrogen and oxygen atoms in total. The van der Waals surface area contributed by atoms with Gasteiger partial charge in [-0.2, -0.15) is 0 Å². The first-order valence-electron chi connectivity index (χ1n) is 8.41. The first-order valence-corrected chi connectivity index (χ1v) is 9.23. The molecule has 4 rings (SSSR count). The Hall–Kier alpha value is -1.21. The highest BCUT2D eigenvalue weighted by atomic mass is 32.1. The fraction of sp³-hybridized carbons (Fsp3) is 0.750. The Morgan fingerprint density at radius 3 is 2.87 bits per heavy atom. The zero-order valence-corrected chi connectivity index (χ0v) is 14.0. The monoisotopic (exact) mass is 339 g/mol. The Morgan fingerprint density at radius 1 is 1.35 bits per heavy atom. The predicted molar refractivity (Wildman–Crippen MR) is 86.5 cm³/mol. The van der Waals surface area contributed by atoms with Gasteiger partial charge in [-0.15, -0.1) is 0 Å². The van der Waals surface area contributed by atoms with Crippen LogP contribution in [0.2, 0.25) is 0 Å². The number of ether oxygens (including phenoxy) is 1. The van der Waals surface area contributed by atoms with E-state index >= 15 is 0 Å². The summed E-state index contributed by atoms with van der Waals surface area (Å²) in [5.41, 5.74) is 1.19. The van der Waals surface area contributed by atoms with Gasteiger partial charge in [-0.3, -0.25) is 9.18 Å². The molecular formula is C16H22FN3O2S. The molecule has 0 aromatic carbocycles. The van der Waals surface area contributed by atoms with E-state index in [1.54, 1.807) is 11.3 Å². The van der Waals surface area contributed by atoms with Crippen LogP contribution >= 0.6 is 11.3 Å². The van der Waals surface area contributed by atoms with Crippen molar-refractivity contribution in [1.29, 1.82) is 0 Å². The molecule has 4 heterocycles. The Labute approximate surface area is 139 Å². The molecule has 1 aromatic heterocycles. The highest BCUT2D eigenvalue weighted by Gasteiger charge is 2.36. The standard InChI is InChI=1S/C16H22FN3O2S/c17-8-11-7-15(21)20(9-11)12-1-4-19(5-2-12)16-18-13-3-6-22-10-14(13)23-16/h11-12H,1-10H2. The SMILES string of the molecule is O=C1CC(CF)CN1C1CCN(c2nc3c(s2)COCC3)CC1. The number of nitrogens with zero attached hydrogens (tertiary/aromatic N) is 3. The topological polar surface area (TPSA) is 45.7 Å². The van der Waals surface area contributed by atoms with Crippen molar-refractivity contribution in [1.82, 2.24) is 9.88 Å². The molecular weight excluding hydrogens is 317 g/mol. The molecule has 1 amide bonds. The van der Waals surface area contributed by atoms with Gasteiger partial charge in [0.05, 0.1) is 30.5 Å². The van der Waals surface area contributed by atoms with Crippen molar-refractivity contribution in [2.45, 2.75) is 38.3 Å². The number of piperidine rings is 1. The number of aromatic nitrogens is 1. The molecule has 2 fully saturated rings. The number of carbonyl (C=O) groups is 1. The van der Waals surface area contributed by atoms with Crippen molar-refractivity contribution in [3.05, 3.63) is 10.6 Å². The van der Waals surface area contributed by atoms with Crippen LogP contribution in [0, 0.1) is 5.92 Å². The minimum Gasteiger partial charge on any atom is -0.375 e. The molecule has 0 radical (unpaired) electrons. The number of rotatable bonds is 3. The zero-order valence-electron chi connectivity index (χ0n) is 13.2. The van der Waals surface area contributed by atoms with E-state index in [0.717, 1.165) is 44.1 Å². The van der Waals surface area contributed by atoms with E-state index in [-0.39, 0.29) is 24.5 Å². The smallest absolute Gasteiger partial charge is 0.223 e. The third-order valence-corrected chi connectivity index (χ3v) is 6.25. The van der Waals surface area contributed by atoms with E-state index in [2.05, 4.69) is 4.90 Å². The lowest BCUT2D eigenvalue weighted by atomic mass is 10.0. The molecule has 1 atom stereocenters. The maximum absolute atomic E-state index is 12.8. The van der Waals surface area contributed by atoms with Crippen molar-refractivity contribution in [3.63, 3.8) is 0 Å². The number of thiazole rings is 1. The normalized spacial score (nSPS) is 26.0. The number of amides is 1. The Balaban J connectivity index is 1.37. The lowest BCUT2D eigenvalue weighted by Crippen LogP contribution is -2.45. The average Bonchev–Trinajstić information content (AvgIpc) is 3.18. The van der Waals surface area contributed by atoms with Crippen molar-refractivity contribution in [3.8, 4) is 0 Å². The van der Waals surface area contributed by atoms with Crippen LogP contribution in [0.25, 0.3) is 0 Å². The summed E-state index contributed by atoms with van der Waals surface area (Å²) in [7, 11) is 0. The molecule has 3 aliphatic rings. The molecule has 1 aromatic rings. The van der Waals surface area contributed by atoms with Crippen molar-refractivity contribution >= 4 is 22.4 Å². The molecule has 23 heavy (non-hydrogen) atoms. The highest BCUT2D eigenvalue weighted by molar-refractivity contribution is 7.15. The van der Waals surface area contributed by atoms with Gasteiger partial charge in [0.15, 0.2) is 5.13 Å². The Kier molecular flexibility index (Phi) is 4.24. The molecule has 3 aliphatic heterocycles. The molecule has 7 heteroatoms. The maximum Gasteiger partial charge on any atom is 0.223 e. The van der Waals surface area contributed by atoms with Crippen LogP contribution in [-0.2, 0) is 22.6 Å². The summed E-state index contributed by atoms with van der Waals surface area (Å²) in [6.07, 6.45) is 3.20. The van der Waals surface area contributed by atoms with E-state index in [0.29, 0.717) is 19.6 Å². The predicted octanol–water partition coefficient (Wildman–Crippen LogP) is 2.00. The summed E-state index contributed by atoms with van der Waals surface area (Å²) >= 11 is 1.74. The van der Waals surface area contributed by atoms with Crippen LogP contribution in [0.5, 0.6) is 0 Å². The number of hydrogen-bond donors (Lipinski definition) is 0. The van der Waals surface area contributed by atoms with Crippen molar-refractivity contribution in [2.75, 3.05) is 37.8 Å². The van der Waals surface area contributed by atoms with Gasteiger partial charge >= 0.3 is 0 Å². The number of anilines is 1. The zero-order chi connectivity index (χ0) is 15.8. The minimum atomic E-state index is -0.381. The molecule has 2 saturated heterocycles. The second-order valence-corrected chi connectivity index (χ2v) is 7.72. The van der Waals surface area contributed by atoms with E-state index in [1.165, 1.54) is 10.6 Å². The summed E-state index contributed by atoms with van der Waals surface area (Å²) in [5, 5.41) is 1.09. The minimum absolute atomic E-state index is 0.0915. The van der Waals surface area contributed by atoms with Crippen molar-refractivity contribution < 1.29 is 13.9 Å². The summed E-state index contributed by atoms with van der Waals surface area (Å²) in [4.78, 5) is 22.3. The summed E-state index contributed by atoms with van der Waals surface area (Å²) in [6, 6.07) is 0.272. The number of halogens is 1. The molecule has 0 N–H and O–H groups in total. The highest BCUT2D eigenvalue weighted by Crippen LogP contribution is 2.33. The lowest BCUT2D eigenvalue weighted by molar-refractivity contribution is -0.130. The first kappa shape index (κ1) is 15.3. The average molecular weight is 339 g/mol. The van der Waals surface area contributed by atoms with Gasteiger partial charge in [-0.1, -0.05) is 11.3 Å². The summed E-state index contributed by atoms with van der Waals surface area (Å²) < 4.78 is 18.3. The molecule has 126 valence electrons. The van der Waals surface area contributed by atoms with Gasteiger partial charge in [0.25, 0.3) is 0 Å². The van der Waals surface area contributed by atoms with Gasteiger partial charge in [0.2, 0.25) is 5.91 Å². The van der Waals surface area contributed by atoms with E-state index in [1.807, 2.05) is 4.90 Å². The van der Waals surface area contributed by atoms with E-state index in [4.69, 9.17) is 9.72 Å². The Morgan fingerprint density at radius 2 is 2.17 bits per heavy atom. The van der Waals surface area contributed by atoms with Crippen LogP contribution in [0.4, 0.5) is 9.52 Å². The lowest BCUT2D eigenvalue weighted by Gasteiger charge is -2.36. The van der Waals surface area contributed by atoms with Crippen LogP contribution < -0.4 is 4.90 Å². The van der Waals surface area contributed by atoms with Gasteiger partial charge in [-0.25, -0.2) is 4.98 Å². The molecule has 0 aliphatic carbocycles. The number of likely N-dealkylation sites (tertiary alicyclic amines) is 1. The number of alkyl halides is 1. The first-order chi connectivity index (χ1) is 11.2. The van der Waals surface area contributed by atoms with Crippen LogP contribution in [0.3, 0.4) is 0 Å².